The van der Waals surface area contributed by atoms with Gasteiger partial charge in [0.15, 0.2) is 6.10 Å². The molecule has 0 aromatic carbocycles. The van der Waals surface area contributed by atoms with Gasteiger partial charge in [0.1, 0.15) is 6.54 Å². The molecule has 0 aliphatic rings. The van der Waals surface area contributed by atoms with Gasteiger partial charge in [-0.2, -0.15) is 0 Å². The minimum atomic E-state index is -1.17. The predicted octanol–water partition coefficient (Wildman–Crippen LogP) is 0.0691. The first-order chi connectivity index (χ1) is 9.33. The number of carboxylic acids is 1. The van der Waals surface area contributed by atoms with Crippen LogP contribution < -0.4 is 5.32 Å². The lowest BCUT2D eigenvalue weighted by Gasteiger charge is -2.26. The van der Waals surface area contributed by atoms with Gasteiger partial charge in [-0.25, -0.2) is 9.59 Å². The molecular weight excluding hydrogens is 268 g/mol. The molecule has 0 aliphatic carbocycles. The number of rotatable bonds is 8. The summed E-state index contributed by atoms with van der Waals surface area (Å²) in [5.74, 6) is -1.69. The van der Waals surface area contributed by atoms with Crippen molar-refractivity contribution in [1.82, 2.24) is 10.2 Å². The maximum atomic E-state index is 11.9. The SMILES string of the molecule is CCOC(=O)CN(C(=O)NCC(OC)C(=O)O)C(C)C. The van der Waals surface area contributed by atoms with E-state index < -0.39 is 24.1 Å². The Balaban J connectivity index is 4.50. The minimum Gasteiger partial charge on any atom is -0.479 e. The first-order valence-corrected chi connectivity index (χ1v) is 6.29. The highest BCUT2D eigenvalue weighted by Gasteiger charge is 2.23. The van der Waals surface area contributed by atoms with Crippen LogP contribution in [0.3, 0.4) is 0 Å². The molecule has 0 heterocycles. The van der Waals surface area contributed by atoms with Crippen LogP contribution in [0.5, 0.6) is 0 Å². The second-order valence-corrected chi connectivity index (χ2v) is 4.28. The van der Waals surface area contributed by atoms with Crippen LogP contribution in [0.4, 0.5) is 4.79 Å². The van der Waals surface area contributed by atoms with Crippen LogP contribution in [0, 0.1) is 0 Å². The van der Waals surface area contributed by atoms with E-state index in [1.54, 1.807) is 20.8 Å². The van der Waals surface area contributed by atoms with Crippen LogP contribution in [0.1, 0.15) is 20.8 Å². The molecule has 0 radical (unpaired) electrons. The second-order valence-electron chi connectivity index (χ2n) is 4.28. The van der Waals surface area contributed by atoms with Crippen molar-refractivity contribution in [2.24, 2.45) is 0 Å². The van der Waals surface area contributed by atoms with Gasteiger partial charge in [-0.05, 0) is 20.8 Å². The second kappa shape index (κ2) is 9.13. The number of esters is 1. The minimum absolute atomic E-state index is 0.184. The van der Waals surface area contributed by atoms with Crippen molar-refractivity contribution in [3.05, 3.63) is 0 Å². The molecule has 0 bridgehead atoms. The summed E-state index contributed by atoms with van der Waals surface area (Å²) in [6, 6.07) is -0.776. The van der Waals surface area contributed by atoms with Gasteiger partial charge in [0, 0.05) is 13.2 Å². The lowest BCUT2D eigenvalue weighted by molar-refractivity contribution is -0.148. The zero-order valence-electron chi connectivity index (χ0n) is 12.2. The van der Waals surface area contributed by atoms with Crippen molar-refractivity contribution in [1.29, 1.82) is 0 Å². The number of methoxy groups -OCH3 is 1. The van der Waals surface area contributed by atoms with Crippen molar-refractivity contribution >= 4 is 18.0 Å². The zero-order chi connectivity index (χ0) is 15.7. The molecule has 1 atom stereocenters. The molecule has 2 N–H and O–H groups in total. The molecule has 0 aromatic heterocycles. The van der Waals surface area contributed by atoms with Crippen molar-refractivity contribution < 1.29 is 29.0 Å². The number of carbonyl (C=O) groups is 3. The molecule has 1 unspecified atom stereocenters. The first kappa shape index (κ1) is 18.2. The molecule has 8 heteroatoms. The van der Waals surface area contributed by atoms with Crippen molar-refractivity contribution in [2.45, 2.75) is 32.9 Å². The Kier molecular flexibility index (Phi) is 8.30. The highest BCUT2D eigenvalue weighted by atomic mass is 16.5. The number of hydrogen-bond acceptors (Lipinski definition) is 5. The van der Waals surface area contributed by atoms with Gasteiger partial charge in [-0.1, -0.05) is 0 Å². The van der Waals surface area contributed by atoms with E-state index in [9.17, 15) is 14.4 Å². The molecule has 0 spiro atoms. The normalized spacial score (nSPS) is 11.8. The molecule has 0 saturated carbocycles. The van der Waals surface area contributed by atoms with E-state index in [-0.39, 0.29) is 25.7 Å². The zero-order valence-corrected chi connectivity index (χ0v) is 12.2. The lowest BCUT2D eigenvalue weighted by Crippen LogP contribution is -2.49. The number of carbonyl (C=O) groups excluding carboxylic acids is 2. The molecule has 0 fully saturated rings. The van der Waals surface area contributed by atoms with Crippen molar-refractivity contribution in [2.75, 3.05) is 26.8 Å². The summed E-state index contributed by atoms with van der Waals surface area (Å²) in [4.78, 5) is 35.3. The third-order valence-corrected chi connectivity index (χ3v) is 2.49. The van der Waals surface area contributed by atoms with Gasteiger partial charge >= 0.3 is 18.0 Å². The number of nitrogens with zero attached hydrogens (tertiary/aromatic N) is 1. The molecule has 0 rings (SSSR count). The molecule has 0 aliphatic heterocycles. The maximum absolute atomic E-state index is 11.9. The number of ether oxygens (including phenoxy) is 2. The smallest absolute Gasteiger partial charge is 0.334 e. The number of nitrogens with one attached hydrogen (secondary N) is 1. The van der Waals surface area contributed by atoms with Crippen LogP contribution in [-0.4, -0.2) is 66.9 Å². The highest BCUT2D eigenvalue weighted by Crippen LogP contribution is 2.00. The maximum Gasteiger partial charge on any atom is 0.334 e. The highest BCUT2D eigenvalue weighted by molar-refractivity contribution is 5.82. The Hall–Kier alpha value is -1.83. The third kappa shape index (κ3) is 6.37. The number of hydrogen-bond donors (Lipinski definition) is 2. The van der Waals surface area contributed by atoms with Crippen LogP contribution in [-0.2, 0) is 19.1 Å². The van der Waals surface area contributed by atoms with E-state index in [0.29, 0.717) is 0 Å². The van der Waals surface area contributed by atoms with Crippen molar-refractivity contribution in [3.63, 3.8) is 0 Å². The van der Waals surface area contributed by atoms with Gasteiger partial charge < -0.3 is 24.8 Å². The fourth-order valence-electron chi connectivity index (χ4n) is 1.39. The Labute approximate surface area is 118 Å². The predicted molar refractivity (Wildman–Crippen MR) is 70.3 cm³/mol. The van der Waals surface area contributed by atoms with E-state index in [4.69, 9.17) is 14.6 Å². The molecule has 0 saturated heterocycles. The van der Waals surface area contributed by atoms with Crippen LogP contribution in [0.25, 0.3) is 0 Å². The van der Waals surface area contributed by atoms with E-state index in [2.05, 4.69) is 5.32 Å². The number of amides is 2. The Bertz CT molecular complexity index is 345. The molecule has 0 aromatic rings. The summed E-state index contributed by atoms with van der Waals surface area (Å²) in [6.45, 7) is 5.01. The number of urea groups is 1. The standard InChI is InChI=1S/C12H22N2O6/c1-5-20-10(15)7-14(8(2)3)12(18)13-6-9(19-4)11(16)17/h8-9H,5-7H2,1-4H3,(H,13,18)(H,16,17). The van der Waals surface area contributed by atoms with E-state index in [1.165, 1.54) is 12.0 Å². The summed E-state index contributed by atoms with van der Waals surface area (Å²) in [7, 11) is 1.24. The molecule has 20 heavy (non-hydrogen) atoms. The van der Waals surface area contributed by atoms with Crippen molar-refractivity contribution in [3.8, 4) is 0 Å². The lowest BCUT2D eigenvalue weighted by atomic mass is 10.3. The van der Waals surface area contributed by atoms with Crippen LogP contribution in [0.15, 0.2) is 0 Å². The van der Waals surface area contributed by atoms with Gasteiger partial charge in [0.05, 0.1) is 13.2 Å². The monoisotopic (exact) mass is 290 g/mol. The Morgan fingerprint density at radius 3 is 2.30 bits per heavy atom. The Morgan fingerprint density at radius 2 is 1.90 bits per heavy atom. The summed E-state index contributed by atoms with van der Waals surface area (Å²) >= 11 is 0. The molecule has 116 valence electrons. The van der Waals surface area contributed by atoms with E-state index >= 15 is 0 Å². The summed E-state index contributed by atoms with van der Waals surface area (Å²) in [6.07, 6.45) is -1.13. The van der Waals surface area contributed by atoms with Gasteiger partial charge in [-0.15, -0.1) is 0 Å². The van der Waals surface area contributed by atoms with E-state index in [0.717, 1.165) is 0 Å². The molecule has 2 amide bonds. The summed E-state index contributed by atoms with van der Waals surface area (Å²) in [5.41, 5.74) is 0. The fraction of sp³-hybridized carbons (Fsp3) is 0.750. The van der Waals surface area contributed by atoms with E-state index in [1.807, 2.05) is 0 Å². The van der Waals surface area contributed by atoms with Crippen LogP contribution >= 0.6 is 0 Å². The topological polar surface area (TPSA) is 105 Å². The summed E-state index contributed by atoms with van der Waals surface area (Å²) < 4.78 is 9.48. The van der Waals surface area contributed by atoms with Gasteiger partial charge in [0.2, 0.25) is 0 Å². The molecular formula is C12H22N2O6. The quantitative estimate of drug-likeness (QED) is 0.613. The van der Waals surface area contributed by atoms with Gasteiger partial charge in [0.25, 0.3) is 0 Å². The fourth-order valence-corrected chi connectivity index (χ4v) is 1.39. The largest absolute Gasteiger partial charge is 0.479 e. The average Bonchev–Trinajstić information content (AvgIpc) is 2.36. The average molecular weight is 290 g/mol. The Morgan fingerprint density at radius 1 is 1.30 bits per heavy atom. The molecule has 8 nitrogen and oxygen atoms in total. The van der Waals surface area contributed by atoms with Crippen LogP contribution in [0.2, 0.25) is 0 Å². The first-order valence-electron chi connectivity index (χ1n) is 6.29. The van der Waals surface area contributed by atoms with Gasteiger partial charge in [-0.3, -0.25) is 4.79 Å². The number of aliphatic carboxylic acids is 1. The third-order valence-electron chi connectivity index (χ3n) is 2.49. The summed E-state index contributed by atoms with van der Waals surface area (Å²) in [5, 5.41) is 11.2. The number of carboxylic acid groups (broad SMARTS) is 1.